The van der Waals surface area contributed by atoms with Crippen LogP contribution in [0.25, 0.3) is 10.9 Å². The number of nitrogens with zero attached hydrogens (tertiary/aromatic N) is 3. The summed E-state index contributed by atoms with van der Waals surface area (Å²) in [6, 6.07) is 6.49. The number of ether oxygens (including phenoxy) is 1. The second-order valence-corrected chi connectivity index (χ2v) is 5.00. The van der Waals surface area contributed by atoms with Crippen molar-refractivity contribution in [1.29, 1.82) is 5.26 Å². The predicted molar refractivity (Wildman–Crippen MR) is 74.8 cm³/mol. The molecule has 0 N–H and O–H groups in total. The molecule has 1 aromatic carbocycles. The van der Waals surface area contributed by atoms with E-state index in [2.05, 4.69) is 4.98 Å². The van der Waals surface area contributed by atoms with E-state index < -0.39 is 12.1 Å². The molecule has 0 amide bonds. The Balaban J connectivity index is 2.05. The molecule has 2 aromatic rings. The minimum absolute atomic E-state index is 0.0715. The van der Waals surface area contributed by atoms with Crippen molar-refractivity contribution in [2.24, 2.45) is 0 Å². The van der Waals surface area contributed by atoms with E-state index in [0.717, 1.165) is 18.7 Å². The molecule has 1 aliphatic rings. The van der Waals surface area contributed by atoms with Gasteiger partial charge in [0.2, 0.25) is 0 Å². The highest BCUT2D eigenvalue weighted by molar-refractivity contribution is 5.94. The lowest BCUT2D eigenvalue weighted by atomic mass is 10.1. The second kappa shape index (κ2) is 5.02. The summed E-state index contributed by atoms with van der Waals surface area (Å²) in [7, 11) is 0. The summed E-state index contributed by atoms with van der Waals surface area (Å²) in [5.41, 5.74) is 0.712. The summed E-state index contributed by atoms with van der Waals surface area (Å²) < 4.78 is 6.62. The SMILES string of the molecule is C[C@H](C#N)OC(=O)c1ccc2c(=O)n3c(nc2c1)CCC3. The van der Waals surface area contributed by atoms with Crippen molar-refractivity contribution in [3.05, 3.63) is 39.9 Å². The van der Waals surface area contributed by atoms with E-state index in [-0.39, 0.29) is 5.56 Å². The molecule has 0 aliphatic carbocycles. The molecule has 0 saturated carbocycles. The van der Waals surface area contributed by atoms with Gasteiger partial charge in [0.05, 0.1) is 16.5 Å². The van der Waals surface area contributed by atoms with Crippen LogP contribution in [0.2, 0.25) is 0 Å². The molecule has 0 fully saturated rings. The number of esters is 1. The maximum Gasteiger partial charge on any atom is 0.339 e. The van der Waals surface area contributed by atoms with Gasteiger partial charge >= 0.3 is 5.97 Å². The topological polar surface area (TPSA) is 85.0 Å². The lowest BCUT2D eigenvalue weighted by Gasteiger charge is -2.08. The number of aromatic nitrogens is 2. The molecule has 0 saturated heterocycles. The van der Waals surface area contributed by atoms with E-state index in [1.165, 1.54) is 13.0 Å². The number of hydrogen-bond donors (Lipinski definition) is 0. The molecule has 0 spiro atoms. The molecule has 106 valence electrons. The molecule has 21 heavy (non-hydrogen) atoms. The standard InChI is InChI=1S/C15H13N3O3/c1-9(8-16)21-15(20)10-4-5-11-12(7-10)17-13-3-2-6-18(13)14(11)19/h4-5,7,9H,2-3,6H2,1H3/t9-/m1/s1. The minimum atomic E-state index is -0.813. The van der Waals surface area contributed by atoms with E-state index in [9.17, 15) is 9.59 Å². The van der Waals surface area contributed by atoms with E-state index in [0.29, 0.717) is 23.0 Å². The van der Waals surface area contributed by atoms with Gasteiger partial charge < -0.3 is 4.74 Å². The van der Waals surface area contributed by atoms with E-state index >= 15 is 0 Å². The second-order valence-electron chi connectivity index (χ2n) is 5.00. The average molecular weight is 283 g/mol. The van der Waals surface area contributed by atoms with Gasteiger partial charge in [-0.3, -0.25) is 9.36 Å². The van der Waals surface area contributed by atoms with Crippen molar-refractivity contribution in [2.45, 2.75) is 32.4 Å². The molecule has 0 bridgehead atoms. The number of carbonyl (C=O) groups excluding carboxylic acids is 1. The largest absolute Gasteiger partial charge is 0.444 e. The van der Waals surface area contributed by atoms with Gasteiger partial charge in [-0.05, 0) is 31.5 Å². The fraction of sp³-hybridized carbons (Fsp3) is 0.333. The van der Waals surface area contributed by atoms with Gasteiger partial charge in [0.1, 0.15) is 11.9 Å². The number of nitriles is 1. The monoisotopic (exact) mass is 283 g/mol. The van der Waals surface area contributed by atoms with E-state index in [1.54, 1.807) is 16.7 Å². The lowest BCUT2D eigenvalue weighted by molar-refractivity contribution is 0.0435. The van der Waals surface area contributed by atoms with Crippen LogP contribution in [0, 0.1) is 11.3 Å². The smallest absolute Gasteiger partial charge is 0.339 e. The third-order valence-corrected chi connectivity index (χ3v) is 3.52. The highest BCUT2D eigenvalue weighted by Gasteiger charge is 2.18. The zero-order chi connectivity index (χ0) is 15.0. The number of carbonyl (C=O) groups is 1. The number of hydrogen-bond acceptors (Lipinski definition) is 5. The minimum Gasteiger partial charge on any atom is -0.444 e. The first-order valence-corrected chi connectivity index (χ1v) is 6.74. The zero-order valence-corrected chi connectivity index (χ0v) is 11.5. The quantitative estimate of drug-likeness (QED) is 0.778. The number of rotatable bonds is 2. The fourth-order valence-electron chi connectivity index (χ4n) is 2.47. The van der Waals surface area contributed by atoms with Crippen LogP contribution in [-0.2, 0) is 17.7 Å². The Kier molecular flexibility index (Phi) is 3.18. The van der Waals surface area contributed by atoms with Crippen molar-refractivity contribution >= 4 is 16.9 Å². The molecule has 2 heterocycles. The van der Waals surface area contributed by atoms with Crippen LogP contribution in [-0.4, -0.2) is 21.6 Å². The van der Waals surface area contributed by atoms with E-state index in [4.69, 9.17) is 10.00 Å². The van der Waals surface area contributed by atoms with Gasteiger partial charge in [-0.25, -0.2) is 9.78 Å². The van der Waals surface area contributed by atoms with Crippen molar-refractivity contribution in [3.63, 3.8) is 0 Å². The number of fused-ring (bicyclic) bond motifs is 2. The Bertz CT molecular complexity index is 832. The maximum absolute atomic E-state index is 12.3. The van der Waals surface area contributed by atoms with Crippen molar-refractivity contribution in [3.8, 4) is 6.07 Å². The number of aryl methyl sites for hydroxylation is 1. The Hall–Kier alpha value is -2.68. The highest BCUT2D eigenvalue weighted by atomic mass is 16.5. The van der Waals surface area contributed by atoms with Crippen molar-refractivity contribution in [1.82, 2.24) is 9.55 Å². The zero-order valence-electron chi connectivity index (χ0n) is 11.5. The average Bonchev–Trinajstić information content (AvgIpc) is 2.95. The number of benzene rings is 1. The lowest BCUT2D eigenvalue weighted by Crippen LogP contribution is -2.21. The van der Waals surface area contributed by atoms with Crippen LogP contribution in [0.3, 0.4) is 0 Å². The third-order valence-electron chi connectivity index (χ3n) is 3.52. The molecule has 0 radical (unpaired) electrons. The maximum atomic E-state index is 12.3. The summed E-state index contributed by atoms with van der Waals surface area (Å²) in [4.78, 5) is 28.6. The molecule has 3 rings (SSSR count). The molecule has 1 aromatic heterocycles. The summed E-state index contributed by atoms with van der Waals surface area (Å²) in [5, 5.41) is 9.15. The molecule has 6 nitrogen and oxygen atoms in total. The van der Waals surface area contributed by atoms with Crippen LogP contribution >= 0.6 is 0 Å². The molecule has 1 atom stereocenters. The van der Waals surface area contributed by atoms with Gasteiger partial charge in [-0.15, -0.1) is 0 Å². The normalized spacial score (nSPS) is 14.5. The van der Waals surface area contributed by atoms with Crippen LogP contribution < -0.4 is 5.56 Å². The molecule has 6 heteroatoms. The molecular weight excluding hydrogens is 270 g/mol. The van der Waals surface area contributed by atoms with Gasteiger partial charge in [0, 0.05) is 13.0 Å². The summed E-state index contributed by atoms with van der Waals surface area (Å²) in [5.74, 6) is 0.164. The Morgan fingerprint density at radius 2 is 2.33 bits per heavy atom. The van der Waals surface area contributed by atoms with Gasteiger partial charge in [0.15, 0.2) is 6.10 Å². The van der Waals surface area contributed by atoms with Gasteiger partial charge in [-0.2, -0.15) is 5.26 Å². The summed E-state index contributed by atoms with van der Waals surface area (Å²) in [6.45, 7) is 2.19. The third kappa shape index (κ3) is 2.27. The van der Waals surface area contributed by atoms with Crippen LogP contribution in [0.5, 0.6) is 0 Å². The molecule has 0 unspecified atom stereocenters. The summed E-state index contributed by atoms with van der Waals surface area (Å²) >= 11 is 0. The van der Waals surface area contributed by atoms with Crippen LogP contribution in [0.1, 0.15) is 29.5 Å². The Labute approximate surface area is 120 Å². The van der Waals surface area contributed by atoms with Crippen molar-refractivity contribution in [2.75, 3.05) is 0 Å². The highest BCUT2D eigenvalue weighted by Crippen LogP contribution is 2.16. The first-order chi connectivity index (χ1) is 10.1. The van der Waals surface area contributed by atoms with Gasteiger partial charge in [0.25, 0.3) is 5.56 Å². The fourth-order valence-corrected chi connectivity index (χ4v) is 2.47. The van der Waals surface area contributed by atoms with Crippen molar-refractivity contribution < 1.29 is 9.53 Å². The van der Waals surface area contributed by atoms with Crippen LogP contribution in [0.15, 0.2) is 23.0 Å². The predicted octanol–water partition coefficient (Wildman–Crippen LogP) is 1.41. The Morgan fingerprint density at radius 3 is 3.10 bits per heavy atom. The Morgan fingerprint density at radius 1 is 1.52 bits per heavy atom. The first-order valence-electron chi connectivity index (χ1n) is 6.74. The van der Waals surface area contributed by atoms with Gasteiger partial charge in [-0.1, -0.05) is 0 Å². The first kappa shape index (κ1) is 13.3. The molecular formula is C15H13N3O3. The van der Waals surface area contributed by atoms with E-state index in [1.807, 2.05) is 6.07 Å². The van der Waals surface area contributed by atoms with Crippen LogP contribution in [0.4, 0.5) is 0 Å². The molecule has 1 aliphatic heterocycles. The summed E-state index contributed by atoms with van der Waals surface area (Å²) in [6.07, 6.45) is 0.866.